The summed E-state index contributed by atoms with van der Waals surface area (Å²) in [7, 11) is 0. The molecule has 120 valence electrons. The highest BCUT2D eigenvalue weighted by Gasteiger charge is 2.51. The predicted octanol–water partition coefficient (Wildman–Crippen LogP) is 1.31. The van der Waals surface area contributed by atoms with Gasteiger partial charge in [0.05, 0.1) is 0 Å². The lowest BCUT2D eigenvalue weighted by atomic mass is 10.0. The lowest BCUT2D eigenvalue weighted by Crippen LogP contribution is -2.67. The van der Waals surface area contributed by atoms with Crippen molar-refractivity contribution in [3.05, 3.63) is 65.4 Å². The number of benzene rings is 2. The van der Waals surface area contributed by atoms with Crippen LogP contribution in [0, 0.1) is 0 Å². The standard InChI is InChI=1S/C18H14N2O4/c21-14-7-3-1-5-11(14)9-13-16(22)20-18(17(23)19-13)10-12-6-2-4-8-15(12)24-18/h1-9,21H,10H2,(H,19,23)(H,20,22)/b13-9-/t18-/m1/s1. The predicted molar refractivity (Wildman–Crippen MR) is 85.9 cm³/mol. The van der Waals surface area contributed by atoms with Gasteiger partial charge < -0.3 is 20.5 Å². The fourth-order valence-corrected chi connectivity index (χ4v) is 2.89. The topological polar surface area (TPSA) is 87.7 Å². The van der Waals surface area contributed by atoms with Crippen molar-refractivity contribution in [3.8, 4) is 11.5 Å². The Balaban J connectivity index is 1.63. The first-order chi connectivity index (χ1) is 11.6. The first-order valence-corrected chi connectivity index (χ1v) is 7.48. The van der Waals surface area contributed by atoms with Crippen molar-refractivity contribution in [1.82, 2.24) is 10.6 Å². The first kappa shape index (κ1) is 14.3. The summed E-state index contributed by atoms with van der Waals surface area (Å²) in [5, 5.41) is 15.0. The summed E-state index contributed by atoms with van der Waals surface area (Å²) in [5.41, 5.74) is -0.0566. The summed E-state index contributed by atoms with van der Waals surface area (Å²) < 4.78 is 5.72. The molecule has 2 aliphatic rings. The molecule has 0 aromatic heterocycles. The van der Waals surface area contributed by atoms with Crippen LogP contribution in [-0.2, 0) is 16.0 Å². The minimum atomic E-state index is -1.42. The molecule has 2 amide bonds. The molecule has 1 saturated heterocycles. The lowest BCUT2D eigenvalue weighted by Gasteiger charge is -2.33. The molecule has 4 rings (SSSR count). The molecule has 0 saturated carbocycles. The van der Waals surface area contributed by atoms with Crippen LogP contribution in [0.2, 0.25) is 0 Å². The van der Waals surface area contributed by atoms with Crippen LogP contribution in [-0.4, -0.2) is 22.6 Å². The summed E-state index contributed by atoms with van der Waals surface area (Å²) in [6.07, 6.45) is 1.70. The average molecular weight is 322 g/mol. The van der Waals surface area contributed by atoms with E-state index in [-0.39, 0.29) is 17.9 Å². The molecule has 1 spiro atoms. The van der Waals surface area contributed by atoms with E-state index in [0.29, 0.717) is 11.3 Å². The highest BCUT2D eigenvalue weighted by Crippen LogP contribution is 2.35. The maximum absolute atomic E-state index is 12.6. The number of para-hydroxylation sites is 2. The fourth-order valence-electron chi connectivity index (χ4n) is 2.89. The van der Waals surface area contributed by atoms with E-state index in [4.69, 9.17) is 4.74 Å². The van der Waals surface area contributed by atoms with Gasteiger partial charge in [-0.2, -0.15) is 0 Å². The van der Waals surface area contributed by atoms with Crippen LogP contribution in [0.3, 0.4) is 0 Å². The van der Waals surface area contributed by atoms with Crippen molar-refractivity contribution >= 4 is 17.9 Å². The third-order valence-electron chi connectivity index (χ3n) is 4.11. The van der Waals surface area contributed by atoms with Gasteiger partial charge in [-0.3, -0.25) is 9.59 Å². The number of ether oxygens (including phenoxy) is 1. The van der Waals surface area contributed by atoms with Crippen LogP contribution in [0.25, 0.3) is 6.08 Å². The van der Waals surface area contributed by atoms with E-state index in [9.17, 15) is 14.7 Å². The second-order valence-electron chi connectivity index (χ2n) is 5.74. The largest absolute Gasteiger partial charge is 0.507 e. The Morgan fingerprint density at radius 1 is 1.08 bits per heavy atom. The van der Waals surface area contributed by atoms with Gasteiger partial charge in [0, 0.05) is 17.5 Å². The Bertz CT molecular complexity index is 863. The molecule has 24 heavy (non-hydrogen) atoms. The number of aromatic hydroxyl groups is 1. The summed E-state index contributed by atoms with van der Waals surface area (Å²) in [5.74, 6) is -0.302. The zero-order valence-corrected chi connectivity index (χ0v) is 12.6. The van der Waals surface area contributed by atoms with Crippen LogP contribution in [0.15, 0.2) is 54.2 Å². The van der Waals surface area contributed by atoms with Gasteiger partial charge in [-0.25, -0.2) is 0 Å². The quantitative estimate of drug-likeness (QED) is 0.691. The normalized spacial score (nSPS) is 23.6. The minimum absolute atomic E-state index is 0.0249. The van der Waals surface area contributed by atoms with Gasteiger partial charge in [0.1, 0.15) is 17.2 Å². The minimum Gasteiger partial charge on any atom is -0.507 e. The van der Waals surface area contributed by atoms with Crippen LogP contribution in [0.5, 0.6) is 11.5 Å². The summed E-state index contributed by atoms with van der Waals surface area (Å²) in [6.45, 7) is 0. The number of carbonyl (C=O) groups is 2. The van der Waals surface area contributed by atoms with Crippen LogP contribution in [0.4, 0.5) is 0 Å². The van der Waals surface area contributed by atoms with E-state index in [1.807, 2.05) is 18.2 Å². The van der Waals surface area contributed by atoms with Crippen LogP contribution in [0.1, 0.15) is 11.1 Å². The van der Waals surface area contributed by atoms with Gasteiger partial charge in [0.15, 0.2) is 0 Å². The van der Waals surface area contributed by atoms with Crippen molar-refractivity contribution in [1.29, 1.82) is 0 Å². The second-order valence-corrected chi connectivity index (χ2v) is 5.74. The number of nitrogens with one attached hydrogen (secondary N) is 2. The third-order valence-corrected chi connectivity index (χ3v) is 4.11. The molecule has 0 bridgehead atoms. The molecule has 2 aromatic carbocycles. The number of rotatable bonds is 1. The summed E-state index contributed by atoms with van der Waals surface area (Å²) in [4.78, 5) is 25.0. The van der Waals surface area contributed by atoms with Gasteiger partial charge >= 0.3 is 0 Å². The molecular weight excluding hydrogens is 308 g/mol. The van der Waals surface area contributed by atoms with Crippen molar-refractivity contribution < 1.29 is 19.4 Å². The van der Waals surface area contributed by atoms with Gasteiger partial charge in [-0.05, 0) is 18.2 Å². The molecule has 0 radical (unpaired) electrons. The van der Waals surface area contributed by atoms with Crippen molar-refractivity contribution in [2.75, 3.05) is 0 Å². The molecule has 1 fully saturated rings. The number of amides is 2. The Labute approximate surface area is 137 Å². The molecule has 2 aromatic rings. The van der Waals surface area contributed by atoms with E-state index < -0.39 is 17.5 Å². The van der Waals surface area contributed by atoms with E-state index in [2.05, 4.69) is 10.6 Å². The maximum atomic E-state index is 12.6. The number of phenols is 1. The highest BCUT2D eigenvalue weighted by atomic mass is 16.5. The number of hydrogen-bond acceptors (Lipinski definition) is 4. The molecule has 2 heterocycles. The number of carbonyl (C=O) groups excluding carboxylic acids is 2. The average Bonchev–Trinajstić information content (AvgIpc) is 2.93. The van der Waals surface area contributed by atoms with Crippen LogP contribution < -0.4 is 15.4 Å². The molecule has 1 atom stereocenters. The third kappa shape index (κ3) is 2.20. The highest BCUT2D eigenvalue weighted by molar-refractivity contribution is 6.09. The zero-order chi connectivity index (χ0) is 16.7. The van der Waals surface area contributed by atoms with E-state index in [1.54, 1.807) is 24.3 Å². The molecule has 0 aliphatic carbocycles. The van der Waals surface area contributed by atoms with Gasteiger partial charge in [-0.15, -0.1) is 0 Å². The van der Waals surface area contributed by atoms with Crippen molar-refractivity contribution in [2.45, 2.75) is 12.1 Å². The monoisotopic (exact) mass is 322 g/mol. The number of hydrogen-bond donors (Lipinski definition) is 3. The number of piperazine rings is 1. The molecule has 2 aliphatic heterocycles. The molecule has 0 unspecified atom stereocenters. The first-order valence-electron chi connectivity index (χ1n) is 7.48. The molecule has 6 nitrogen and oxygen atoms in total. The fraction of sp³-hybridized carbons (Fsp3) is 0.111. The van der Waals surface area contributed by atoms with Crippen LogP contribution >= 0.6 is 0 Å². The maximum Gasteiger partial charge on any atom is 0.290 e. The Morgan fingerprint density at radius 2 is 1.83 bits per heavy atom. The van der Waals surface area contributed by atoms with E-state index in [0.717, 1.165) is 5.56 Å². The summed E-state index contributed by atoms with van der Waals surface area (Å²) >= 11 is 0. The van der Waals surface area contributed by atoms with Crippen molar-refractivity contribution in [2.24, 2.45) is 0 Å². The van der Waals surface area contributed by atoms with E-state index >= 15 is 0 Å². The Kier molecular flexibility index (Phi) is 3.06. The van der Waals surface area contributed by atoms with E-state index in [1.165, 1.54) is 12.1 Å². The molecule has 6 heteroatoms. The second kappa shape index (κ2) is 5.13. The Morgan fingerprint density at radius 3 is 2.62 bits per heavy atom. The van der Waals surface area contributed by atoms with Gasteiger partial charge in [0.25, 0.3) is 17.5 Å². The van der Waals surface area contributed by atoms with Gasteiger partial charge in [0.2, 0.25) is 0 Å². The SMILES string of the molecule is O=C1N[C@@]2(Cc3ccccc3O2)C(=O)N/C1=C\c1ccccc1O. The van der Waals surface area contributed by atoms with Gasteiger partial charge in [-0.1, -0.05) is 36.4 Å². The lowest BCUT2D eigenvalue weighted by molar-refractivity contribution is -0.146. The Hall–Kier alpha value is -3.28. The zero-order valence-electron chi connectivity index (χ0n) is 12.6. The molecular formula is C18H14N2O4. The summed E-state index contributed by atoms with van der Waals surface area (Å²) in [6, 6.07) is 13.8. The smallest absolute Gasteiger partial charge is 0.290 e. The van der Waals surface area contributed by atoms with Crippen molar-refractivity contribution in [3.63, 3.8) is 0 Å². The molecule has 3 N–H and O–H groups in total. The number of phenolic OH excluding ortho intramolecular Hbond substituents is 1. The number of fused-ring (bicyclic) bond motifs is 1.